The maximum atomic E-state index is 12.2. The summed E-state index contributed by atoms with van der Waals surface area (Å²) in [6.07, 6.45) is -1.03. The highest BCUT2D eigenvalue weighted by molar-refractivity contribution is 6.39. The zero-order valence-electron chi connectivity index (χ0n) is 12.7. The maximum Gasteiger partial charge on any atom is 0.406 e. The van der Waals surface area contributed by atoms with Crippen molar-refractivity contribution in [3.8, 4) is 5.75 Å². The van der Waals surface area contributed by atoms with Crippen LogP contribution in [0, 0.1) is 17.0 Å². The van der Waals surface area contributed by atoms with E-state index in [-0.39, 0.29) is 21.5 Å². The summed E-state index contributed by atoms with van der Waals surface area (Å²) in [5.41, 5.74) is 0.715. The minimum Gasteiger partial charge on any atom is -0.473 e. The van der Waals surface area contributed by atoms with E-state index in [1.54, 1.807) is 31.2 Å². The van der Waals surface area contributed by atoms with Crippen LogP contribution in [0.1, 0.15) is 12.6 Å². The summed E-state index contributed by atoms with van der Waals surface area (Å²) in [4.78, 5) is 26.4. The Morgan fingerprint density at radius 3 is 2.50 bits per heavy atom. The Kier molecular flexibility index (Phi) is 5.58. The van der Waals surface area contributed by atoms with E-state index >= 15 is 0 Å². The normalized spacial score (nSPS) is 11.7. The molecule has 0 aliphatic rings. The van der Waals surface area contributed by atoms with Gasteiger partial charge in [-0.2, -0.15) is 0 Å². The van der Waals surface area contributed by atoms with Crippen LogP contribution < -0.4 is 10.1 Å². The molecule has 0 bridgehead atoms. The molecule has 0 fully saturated rings. The van der Waals surface area contributed by atoms with E-state index in [1.807, 2.05) is 0 Å². The molecule has 2 rings (SSSR count). The summed E-state index contributed by atoms with van der Waals surface area (Å²) in [7, 11) is 0. The molecule has 1 N–H and O–H groups in total. The summed E-state index contributed by atoms with van der Waals surface area (Å²) in [6, 6.07) is 7.73. The summed E-state index contributed by atoms with van der Waals surface area (Å²) < 4.78 is 5.37. The van der Waals surface area contributed by atoms with Gasteiger partial charge in [0.15, 0.2) is 6.10 Å². The lowest BCUT2D eigenvalue weighted by molar-refractivity contribution is -0.390. The maximum absolute atomic E-state index is 12.2. The topological polar surface area (TPSA) is 94.4 Å². The zero-order valence-corrected chi connectivity index (χ0v) is 14.3. The van der Waals surface area contributed by atoms with E-state index < -0.39 is 22.8 Å². The van der Waals surface area contributed by atoms with Crippen LogP contribution >= 0.6 is 23.2 Å². The molecule has 0 aliphatic carbocycles. The molecule has 1 amide bonds. The van der Waals surface area contributed by atoms with E-state index in [2.05, 4.69) is 10.3 Å². The number of rotatable bonds is 5. The highest BCUT2D eigenvalue weighted by Gasteiger charge is 2.23. The van der Waals surface area contributed by atoms with Gasteiger partial charge in [0, 0.05) is 6.92 Å². The number of aryl methyl sites for hydroxylation is 1. The molecule has 9 heteroatoms. The molecular formula is C15H13Cl2N3O4. The fourth-order valence-corrected chi connectivity index (χ4v) is 2.33. The molecule has 24 heavy (non-hydrogen) atoms. The third-order valence-corrected chi connectivity index (χ3v) is 3.67. The molecule has 0 unspecified atom stereocenters. The molecule has 0 saturated heterocycles. The van der Waals surface area contributed by atoms with Gasteiger partial charge in [-0.25, -0.2) is 0 Å². The molecule has 0 radical (unpaired) electrons. The number of aromatic nitrogens is 1. The number of pyridine rings is 1. The predicted octanol–water partition coefficient (Wildman–Crippen LogP) is 4.01. The minimum atomic E-state index is -1.03. The third-order valence-electron chi connectivity index (χ3n) is 3.04. The van der Waals surface area contributed by atoms with E-state index in [4.69, 9.17) is 27.9 Å². The highest BCUT2D eigenvalue weighted by Crippen LogP contribution is 2.30. The minimum absolute atomic E-state index is 0.0986. The van der Waals surface area contributed by atoms with Gasteiger partial charge in [0.2, 0.25) is 5.75 Å². The zero-order chi connectivity index (χ0) is 17.9. The number of nitrogens with one attached hydrogen (secondary N) is 1. The van der Waals surface area contributed by atoms with Crippen LogP contribution in [0.3, 0.4) is 0 Å². The monoisotopic (exact) mass is 369 g/mol. The standard InChI is InChI=1S/C15H13Cl2N3O4/c1-8-6-7-12(14(18-8)20(22)23)24-9(2)15(21)19-13-10(16)4-3-5-11(13)17/h3-7,9H,1-2H3,(H,19,21)/t9-/m0/s1. The molecule has 2 aromatic rings. The molecule has 0 saturated carbocycles. The highest BCUT2D eigenvalue weighted by atomic mass is 35.5. The van der Waals surface area contributed by atoms with Crippen LogP contribution in [0.25, 0.3) is 0 Å². The second-order valence-electron chi connectivity index (χ2n) is 4.88. The Bertz CT molecular complexity index is 778. The van der Waals surface area contributed by atoms with Crippen molar-refractivity contribution >= 4 is 40.6 Å². The fraction of sp³-hybridized carbons (Fsp3) is 0.200. The quantitative estimate of drug-likeness (QED) is 0.634. The van der Waals surface area contributed by atoms with E-state index in [0.29, 0.717) is 5.69 Å². The largest absolute Gasteiger partial charge is 0.473 e. The SMILES string of the molecule is Cc1ccc(O[C@@H](C)C(=O)Nc2c(Cl)cccc2Cl)c([N+](=O)[O-])n1. The fourth-order valence-electron chi connectivity index (χ4n) is 1.84. The van der Waals surface area contributed by atoms with Gasteiger partial charge in [0.05, 0.1) is 15.7 Å². The number of carbonyl (C=O) groups excluding carboxylic acids is 1. The van der Waals surface area contributed by atoms with Crippen molar-refractivity contribution in [2.45, 2.75) is 20.0 Å². The summed E-state index contributed by atoms with van der Waals surface area (Å²) >= 11 is 12.0. The Hall–Kier alpha value is -2.38. The predicted molar refractivity (Wildman–Crippen MR) is 90.8 cm³/mol. The van der Waals surface area contributed by atoms with E-state index in [0.717, 1.165) is 0 Å². The molecule has 1 aromatic heterocycles. The van der Waals surface area contributed by atoms with Crippen molar-refractivity contribution in [2.24, 2.45) is 0 Å². The Morgan fingerprint density at radius 1 is 1.29 bits per heavy atom. The van der Waals surface area contributed by atoms with Crippen LogP contribution in [0.4, 0.5) is 11.5 Å². The van der Waals surface area contributed by atoms with Gasteiger partial charge < -0.3 is 20.2 Å². The Balaban J connectivity index is 2.17. The van der Waals surface area contributed by atoms with Gasteiger partial charge >= 0.3 is 5.82 Å². The Labute approximate surface area is 147 Å². The molecule has 0 spiro atoms. The first-order valence-electron chi connectivity index (χ1n) is 6.83. The summed E-state index contributed by atoms with van der Waals surface area (Å²) in [5, 5.41) is 14.1. The van der Waals surface area contributed by atoms with Crippen molar-refractivity contribution < 1.29 is 14.5 Å². The van der Waals surface area contributed by atoms with Crippen LogP contribution in [-0.4, -0.2) is 21.9 Å². The first-order valence-corrected chi connectivity index (χ1v) is 7.58. The van der Waals surface area contributed by atoms with Crippen molar-refractivity contribution in [1.82, 2.24) is 4.98 Å². The number of benzene rings is 1. The van der Waals surface area contributed by atoms with Gasteiger partial charge in [0.1, 0.15) is 5.69 Å². The number of nitrogens with zero attached hydrogens (tertiary/aromatic N) is 2. The van der Waals surface area contributed by atoms with E-state index in [1.165, 1.54) is 13.0 Å². The Morgan fingerprint density at radius 2 is 1.92 bits per heavy atom. The lowest BCUT2D eigenvalue weighted by Gasteiger charge is -2.15. The second-order valence-corrected chi connectivity index (χ2v) is 5.69. The lowest BCUT2D eigenvalue weighted by Crippen LogP contribution is -2.30. The number of para-hydroxylation sites is 1. The molecular weight excluding hydrogens is 357 g/mol. The van der Waals surface area contributed by atoms with Crippen LogP contribution in [0.5, 0.6) is 5.75 Å². The first-order chi connectivity index (χ1) is 11.3. The van der Waals surface area contributed by atoms with Crippen molar-refractivity contribution in [1.29, 1.82) is 0 Å². The average Bonchev–Trinajstić information content (AvgIpc) is 2.52. The molecule has 0 aliphatic heterocycles. The molecule has 126 valence electrons. The number of amides is 1. The number of hydrogen-bond acceptors (Lipinski definition) is 5. The van der Waals surface area contributed by atoms with Crippen molar-refractivity contribution in [2.75, 3.05) is 5.32 Å². The lowest BCUT2D eigenvalue weighted by atomic mass is 10.3. The summed E-state index contributed by atoms with van der Waals surface area (Å²) in [5.74, 6) is -1.11. The number of nitro groups is 1. The number of hydrogen-bond donors (Lipinski definition) is 1. The van der Waals surface area contributed by atoms with Crippen LogP contribution in [0.2, 0.25) is 10.0 Å². The molecule has 1 atom stereocenters. The van der Waals surface area contributed by atoms with Crippen LogP contribution in [-0.2, 0) is 4.79 Å². The number of halogens is 2. The van der Waals surface area contributed by atoms with E-state index in [9.17, 15) is 14.9 Å². The van der Waals surface area contributed by atoms with Gasteiger partial charge in [-0.15, -0.1) is 0 Å². The van der Waals surface area contributed by atoms with Gasteiger partial charge in [-0.3, -0.25) is 4.79 Å². The number of anilines is 1. The molecule has 7 nitrogen and oxygen atoms in total. The van der Waals surface area contributed by atoms with Gasteiger partial charge in [-0.1, -0.05) is 29.3 Å². The average molecular weight is 370 g/mol. The summed E-state index contributed by atoms with van der Waals surface area (Å²) in [6.45, 7) is 3.07. The molecule has 1 heterocycles. The second kappa shape index (κ2) is 7.46. The molecule has 1 aromatic carbocycles. The van der Waals surface area contributed by atoms with Gasteiger partial charge in [0.25, 0.3) is 5.91 Å². The van der Waals surface area contributed by atoms with Crippen molar-refractivity contribution in [3.05, 3.63) is 56.2 Å². The van der Waals surface area contributed by atoms with Crippen molar-refractivity contribution in [3.63, 3.8) is 0 Å². The smallest absolute Gasteiger partial charge is 0.406 e. The number of ether oxygens (including phenoxy) is 1. The third kappa shape index (κ3) is 4.12. The van der Waals surface area contributed by atoms with Gasteiger partial charge in [-0.05, 0) is 41.1 Å². The first kappa shape index (κ1) is 18.0. The van der Waals surface area contributed by atoms with Crippen LogP contribution in [0.15, 0.2) is 30.3 Å². The number of carbonyl (C=O) groups is 1.